The number of carbonyl (C=O) groups is 1. The number of rotatable bonds is 17. The normalized spacial score (nSPS) is 13.2. The molecule has 0 aliphatic rings. The molecule has 0 aliphatic heterocycles. The summed E-state index contributed by atoms with van der Waals surface area (Å²) < 4.78 is 39.8. The SMILES string of the molecule is CC(=O)COCCOCCOCCOCCOC(C)(C)C(F)CN. The van der Waals surface area contributed by atoms with Gasteiger partial charge in [-0.05, 0) is 20.8 Å². The second-order valence-corrected chi connectivity index (χ2v) is 5.75. The van der Waals surface area contributed by atoms with Crippen LogP contribution < -0.4 is 5.73 Å². The van der Waals surface area contributed by atoms with Gasteiger partial charge in [-0.3, -0.25) is 4.79 Å². The van der Waals surface area contributed by atoms with E-state index in [9.17, 15) is 9.18 Å². The standard InChI is InChI=1S/C16H32FNO6/c1-14(19)13-23-9-8-21-5-4-20-6-7-22-10-11-24-16(2,3)15(17)12-18/h15H,4-13,18H2,1-3H3. The number of ketones is 1. The van der Waals surface area contributed by atoms with Gasteiger partial charge >= 0.3 is 0 Å². The molecule has 1 unspecified atom stereocenters. The molecule has 0 spiro atoms. The molecule has 0 rings (SSSR count). The van der Waals surface area contributed by atoms with Crippen LogP contribution in [0.3, 0.4) is 0 Å². The van der Waals surface area contributed by atoms with Crippen molar-refractivity contribution in [2.45, 2.75) is 32.5 Å². The van der Waals surface area contributed by atoms with Gasteiger partial charge in [0.15, 0.2) is 5.78 Å². The van der Waals surface area contributed by atoms with Gasteiger partial charge in [0.1, 0.15) is 12.8 Å². The van der Waals surface area contributed by atoms with E-state index in [0.717, 1.165) is 0 Å². The van der Waals surface area contributed by atoms with Crippen molar-refractivity contribution in [2.75, 3.05) is 66.0 Å². The molecule has 2 N–H and O–H groups in total. The molecule has 0 aromatic heterocycles. The molecule has 0 aromatic carbocycles. The summed E-state index contributed by atoms with van der Waals surface area (Å²) in [6, 6.07) is 0. The van der Waals surface area contributed by atoms with Crippen molar-refractivity contribution >= 4 is 5.78 Å². The second-order valence-electron chi connectivity index (χ2n) is 5.75. The molecule has 0 amide bonds. The topological polar surface area (TPSA) is 89.2 Å². The third-order valence-electron chi connectivity index (χ3n) is 3.08. The van der Waals surface area contributed by atoms with Crippen molar-refractivity contribution < 1.29 is 32.9 Å². The number of nitrogens with two attached hydrogens (primary N) is 1. The summed E-state index contributed by atoms with van der Waals surface area (Å²) in [5.74, 6) is -0.00353. The first-order chi connectivity index (χ1) is 11.4. The third-order valence-corrected chi connectivity index (χ3v) is 3.08. The summed E-state index contributed by atoms with van der Waals surface area (Å²) in [7, 11) is 0. The lowest BCUT2D eigenvalue weighted by molar-refractivity contribution is -0.122. The molecule has 0 bridgehead atoms. The average molecular weight is 353 g/mol. The molecule has 0 saturated heterocycles. The molecule has 7 nitrogen and oxygen atoms in total. The predicted molar refractivity (Wildman–Crippen MR) is 87.9 cm³/mol. The largest absolute Gasteiger partial charge is 0.377 e. The minimum absolute atomic E-state index is 0.00353. The highest BCUT2D eigenvalue weighted by Crippen LogP contribution is 2.16. The lowest BCUT2D eigenvalue weighted by Gasteiger charge is -2.28. The van der Waals surface area contributed by atoms with Gasteiger partial charge in [-0.15, -0.1) is 0 Å². The van der Waals surface area contributed by atoms with E-state index >= 15 is 0 Å². The lowest BCUT2D eigenvalue weighted by Crippen LogP contribution is -2.41. The summed E-state index contributed by atoms with van der Waals surface area (Å²) in [6.07, 6.45) is -1.20. The molecule has 0 radical (unpaired) electrons. The number of hydrogen-bond donors (Lipinski definition) is 1. The van der Waals surface area contributed by atoms with Crippen molar-refractivity contribution in [1.82, 2.24) is 0 Å². The van der Waals surface area contributed by atoms with Gasteiger partial charge in [-0.1, -0.05) is 0 Å². The summed E-state index contributed by atoms with van der Waals surface area (Å²) >= 11 is 0. The second kappa shape index (κ2) is 14.7. The molecular weight excluding hydrogens is 321 g/mol. The minimum Gasteiger partial charge on any atom is -0.377 e. The fourth-order valence-electron chi connectivity index (χ4n) is 1.61. The van der Waals surface area contributed by atoms with Crippen molar-refractivity contribution in [3.05, 3.63) is 0 Å². The maximum Gasteiger partial charge on any atom is 0.155 e. The van der Waals surface area contributed by atoms with E-state index < -0.39 is 11.8 Å². The van der Waals surface area contributed by atoms with Gasteiger partial charge in [-0.2, -0.15) is 0 Å². The van der Waals surface area contributed by atoms with Crippen molar-refractivity contribution in [3.63, 3.8) is 0 Å². The van der Waals surface area contributed by atoms with E-state index in [1.54, 1.807) is 13.8 Å². The van der Waals surface area contributed by atoms with Crippen LogP contribution in [0.2, 0.25) is 0 Å². The maximum atomic E-state index is 13.4. The Morgan fingerprint density at radius 2 is 1.33 bits per heavy atom. The first-order valence-electron chi connectivity index (χ1n) is 8.18. The van der Waals surface area contributed by atoms with Crippen LogP contribution in [0.25, 0.3) is 0 Å². The molecule has 0 heterocycles. The number of Topliss-reactive ketones (excluding diaryl/α,β-unsaturated/α-hetero) is 1. The molecule has 0 fully saturated rings. The zero-order valence-electron chi connectivity index (χ0n) is 15.1. The highest BCUT2D eigenvalue weighted by molar-refractivity contribution is 5.76. The zero-order chi connectivity index (χ0) is 18.3. The first-order valence-corrected chi connectivity index (χ1v) is 8.18. The summed E-state index contributed by atoms with van der Waals surface area (Å²) in [4.78, 5) is 10.6. The van der Waals surface area contributed by atoms with E-state index in [-0.39, 0.29) is 18.9 Å². The Bertz CT molecular complexity index is 317. The van der Waals surface area contributed by atoms with Crippen LogP contribution in [0.4, 0.5) is 4.39 Å². The van der Waals surface area contributed by atoms with Crippen molar-refractivity contribution in [2.24, 2.45) is 5.73 Å². The number of hydrogen-bond acceptors (Lipinski definition) is 7. The van der Waals surface area contributed by atoms with E-state index in [2.05, 4.69) is 0 Å². The van der Waals surface area contributed by atoms with Crippen LogP contribution in [-0.4, -0.2) is 83.6 Å². The van der Waals surface area contributed by atoms with E-state index in [1.165, 1.54) is 6.92 Å². The van der Waals surface area contributed by atoms with Gasteiger partial charge in [0.25, 0.3) is 0 Å². The average Bonchev–Trinajstić information content (AvgIpc) is 2.53. The van der Waals surface area contributed by atoms with Gasteiger partial charge in [0.05, 0.1) is 58.5 Å². The van der Waals surface area contributed by atoms with Crippen LogP contribution in [0.1, 0.15) is 20.8 Å². The number of alkyl halides is 1. The molecule has 1 atom stereocenters. The highest BCUT2D eigenvalue weighted by Gasteiger charge is 2.28. The van der Waals surface area contributed by atoms with E-state index in [1.807, 2.05) is 0 Å². The summed E-state index contributed by atoms with van der Waals surface area (Å²) in [6.45, 7) is 8.15. The Kier molecular flexibility index (Phi) is 14.3. The predicted octanol–water partition coefficient (Wildman–Crippen LogP) is 0.734. The molecular formula is C16H32FNO6. The Labute approximate surface area is 143 Å². The lowest BCUT2D eigenvalue weighted by atomic mass is 10.0. The van der Waals surface area contributed by atoms with E-state index in [4.69, 9.17) is 29.4 Å². The Morgan fingerprint density at radius 3 is 1.75 bits per heavy atom. The van der Waals surface area contributed by atoms with Crippen LogP contribution in [0.15, 0.2) is 0 Å². The molecule has 8 heteroatoms. The number of halogens is 1. The minimum atomic E-state index is -1.20. The Morgan fingerprint density at radius 1 is 0.917 bits per heavy atom. The molecule has 24 heavy (non-hydrogen) atoms. The fraction of sp³-hybridized carbons (Fsp3) is 0.938. The smallest absolute Gasteiger partial charge is 0.155 e. The molecule has 0 aliphatic carbocycles. The maximum absolute atomic E-state index is 13.4. The summed E-state index contributed by atoms with van der Waals surface area (Å²) in [5, 5.41) is 0. The van der Waals surface area contributed by atoms with Gasteiger partial charge in [0.2, 0.25) is 0 Å². The third kappa shape index (κ3) is 13.8. The highest BCUT2D eigenvalue weighted by atomic mass is 19.1. The number of ether oxygens (including phenoxy) is 5. The molecule has 144 valence electrons. The first kappa shape index (κ1) is 23.4. The van der Waals surface area contributed by atoms with Crippen LogP contribution in [-0.2, 0) is 28.5 Å². The van der Waals surface area contributed by atoms with Crippen molar-refractivity contribution in [1.29, 1.82) is 0 Å². The van der Waals surface area contributed by atoms with Gasteiger partial charge < -0.3 is 29.4 Å². The Hall–Kier alpha value is -0.640. The van der Waals surface area contributed by atoms with Gasteiger partial charge in [-0.25, -0.2) is 4.39 Å². The Balaban J connectivity index is 3.25. The van der Waals surface area contributed by atoms with E-state index in [0.29, 0.717) is 52.9 Å². The van der Waals surface area contributed by atoms with Crippen molar-refractivity contribution in [3.8, 4) is 0 Å². The molecule has 0 saturated carbocycles. The van der Waals surface area contributed by atoms with Crippen LogP contribution >= 0.6 is 0 Å². The van der Waals surface area contributed by atoms with Crippen LogP contribution in [0.5, 0.6) is 0 Å². The number of carbonyl (C=O) groups excluding carboxylic acids is 1. The fourth-order valence-corrected chi connectivity index (χ4v) is 1.61. The van der Waals surface area contributed by atoms with Gasteiger partial charge in [0, 0.05) is 6.54 Å². The summed E-state index contributed by atoms with van der Waals surface area (Å²) in [5.41, 5.74) is 4.38. The monoisotopic (exact) mass is 353 g/mol. The quantitative estimate of drug-likeness (QED) is 0.386. The molecule has 0 aromatic rings. The zero-order valence-corrected chi connectivity index (χ0v) is 15.1. The van der Waals surface area contributed by atoms with Crippen LogP contribution in [0, 0.1) is 0 Å².